The van der Waals surface area contributed by atoms with Gasteiger partial charge in [-0.05, 0) is 49.4 Å². The van der Waals surface area contributed by atoms with Gasteiger partial charge in [-0.1, -0.05) is 42.5 Å². The highest BCUT2D eigenvalue weighted by Crippen LogP contribution is 2.48. The first-order chi connectivity index (χ1) is 14.7. The van der Waals surface area contributed by atoms with Gasteiger partial charge in [-0.15, -0.1) is 0 Å². The summed E-state index contributed by atoms with van der Waals surface area (Å²) in [6.45, 7) is 4.62. The fourth-order valence-corrected chi connectivity index (χ4v) is 5.20. The molecule has 3 N–H and O–H groups in total. The van der Waals surface area contributed by atoms with Crippen molar-refractivity contribution in [3.05, 3.63) is 71.0 Å². The van der Waals surface area contributed by atoms with Crippen LogP contribution in [-0.4, -0.2) is 34.0 Å². The first-order valence-electron chi connectivity index (χ1n) is 10.5. The maximum atomic E-state index is 14.2. The molecule has 1 saturated carbocycles. The standard InChI is InChI=1S/C23H31FN4O2S/c1-17(2)28-31(29,30)15-19-9-5-4-8-18(19)14-26-22(25-3)27-16-23(12-13-23)20-10-6-7-11-21(20)24/h4-11,17,28H,12-16H2,1-3H3,(H2,25,26,27). The van der Waals surface area contributed by atoms with Crippen LogP contribution in [0.3, 0.4) is 0 Å². The SMILES string of the molecule is CN=C(NCc1ccccc1CS(=O)(=O)NC(C)C)NCC1(c2ccccc2F)CC1. The average Bonchev–Trinajstić information content (AvgIpc) is 3.49. The Bertz CT molecular complexity index is 1030. The van der Waals surface area contributed by atoms with Crippen molar-refractivity contribution in [2.75, 3.05) is 13.6 Å². The van der Waals surface area contributed by atoms with Crippen LogP contribution in [0.5, 0.6) is 0 Å². The number of hydrogen-bond donors (Lipinski definition) is 3. The predicted octanol–water partition coefficient (Wildman–Crippen LogP) is 3.05. The smallest absolute Gasteiger partial charge is 0.216 e. The summed E-state index contributed by atoms with van der Waals surface area (Å²) < 4.78 is 41.5. The van der Waals surface area contributed by atoms with Crippen LogP contribution >= 0.6 is 0 Å². The highest BCUT2D eigenvalue weighted by molar-refractivity contribution is 7.88. The molecule has 0 bridgehead atoms. The quantitative estimate of drug-likeness (QED) is 0.408. The lowest BCUT2D eigenvalue weighted by Crippen LogP contribution is -2.41. The van der Waals surface area contributed by atoms with Crippen LogP contribution in [-0.2, 0) is 27.7 Å². The van der Waals surface area contributed by atoms with Gasteiger partial charge in [0.2, 0.25) is 10.0 Å². The van der Waals surface area contributed by atoms with E-state index in [-0.39, 0.29) is 23.0 Å². The number of halogens is 1. The van der Waals surface area contributed by atoms with E-state index in [0.717, 1.165) is 29.5 Å². The van der Waals surface area contributed by atoms with Gasteiger partial charge in [-0.25, -0.2) is 17.5 Å². The number of nitrogens with one attached hydrogen (secondary N) is 3. The number of rotatable bonds is 9. The Morgan fingerprint density at radius 3 is 2.32 bits per heavy atom. The molecule has 0 aromatic heterocycles. The maximum absolute atomic E-state index is 14.2. The fourth-order valence-electron chi connectivity index (χ4n) is 3.71. The van der Waals surface area contributed by atoms with E-state index < -0.39 is 10.0 Å². The molecule has 8 heteroatoms. The van der Waals surface area contributed by atoms with Crippen LogP contribution in [0.2, 0.25) is 0 Å². The summed E-state index contributed by atoms with van der Waals surface area (Å²) in [7, 11) is -1.73. The summed E-state index contributed by atoms with van der Waals surface area (Å²) in [5.74, 6) is 0.348. The zero-order valence-corrected chi connectivity index (χ0v) is 19.1. The summed E-state index contributed by atoms with van der Waals surface area (Å²) in [6, 6.07) is 14.2. The number of sulfonamides is 1. The van der Waals surface area contributed by atoms with Gasteiger partial charge in [-0.3, -0.25) is 4.99 Å². The monoisotopic (exact) mass is 446 g/mol. The Morgan fingerprint density at radius 2 is 1.71 bits per heavy atom. The van der Waals surface area contributed by atoms with Gasteiger partial charge in [0.25, 0.3) is 0 Å². The molecule has 1 fully saturated rings. The second-order valence-corrected chi connectivity index (χ2v) is 10.1. The lowest BCUT2D eigenvalue weighted by Gasteiger charge is -2.20. The van der Waals surface area contributed by atoms with Gasteiger partial charge < -0.3 is 10.6 Å². The molecule has 0 unspecified atom stereocenters. The molecule has 0 heterocycles. The van der Waals surface area contributed by atoms with E-state index in [1.165, 1.54) is 6.07 Å². The van der Waals surface area contributed by atoms with E-state index in [1.807, 2.05) is 36.4 Å². The molecule has 0 spiro atoms. The van der Waals surface area contributed by atoms with E-state index in [0.29, 0.717) is 19.0 Å². The van der Waals surface area contributed by atoms with E-state index >= 15 is 0 Å². The molecule has 3 rings (SSSR count). The minimum Gasteiger partial charge on any atom is -0.356 e. The van der Waals surface area contributed by atoms with Crippen LogP contribution in [0.15, 0.2) is 53.5 Å². The van der Waals surface area contributed by atoms with Gasteiger partial charge in [0.05, 0.1) is 5.75 Å². The second-order valence-electron chi connectivity index (χ2n) is 8.34. The molecule has 0 atom stereocenters. The molecular weight excluding hydrogens is 415 g/mol. The Hall–Kier alpha value is -2.45. The molecule has 1 aliphatic rings. The third-order valence-electron chi connectivity index (χ3n) is 5.44. The predicted molar refractivity (Wildman–Crippen MR) is 123 cm³/mol. The van der Waals surface area contributed by atoms with Crippen molar-refractivity contribution in [1.82, 2.24) is 15.4 Å². The molecule has 2 aromatic carbocycles. The molecule has 2 aromatic rings. The van der Waals surface area contributed by atoms with Crippen molar-refractivity contribution in [3.8, 4) is 0 Å². The third-order valence-corrected chi connectivity index (χ3v) is 6.96. The highest BCUT2D eigenvalue weighted by atomic mass is 32.2. The molecule has 6 nitrogen and oxygen atoms in total. The molecule has 168 valence electrons. The lowest BCUT2D eigenvalue weighted by molar-refractivity contribution is 0.559. The molecule has 0 aliphatic heterocycles. The number of aliphatic imine (C=N–C) groups is 1. The van der Waals surface area contributed by atoms with E-state index in [9.17, 15) is 12.8 Å². The summed E-state index contributed by atoms with van der Waals surface area (Å²) in [4.78, 5) is 4.26. The normalized spacial score (nSPS) is 15.7. The molecule has 0 radical (unpaired) electrons. The van der Waals surface area contributed by atoms with Crippen molar-refractivity contribution >= 4 is 16.0 Å². The van der Waals surface area contributed by atoms with Crippen molar-refractivity contribution in [1.29, 1.82) is 0 Å². The minimum atomic E-state index is -3.42. The van der Waals surface area contributed by atoms with Gasteiger partial charge in [0, 0.05) is 31.6 Å². The molecule has 0 amide bonds. The Kier molecular flexibility index (Phi) is 7.33. The van der Waals surface area contributed by atoms with E-state index in [1.54, 1.807) is 27.0 Å². The van der Waals surface area contributed by atoms with Crippen LogP contribution in [0.1, 0.15) is 43.4 Å². The first kappa shape index (κ1) is 23.2. The lowest BCUT2D eigenvalue weighted by atomic mass is 9.95. The molecule has 0 saturated heterocycles. The zero-order chi connectivity index (χ0) is 22.5. The maximum Gasteiger partial charge on any atom is 0.216 e. The zero-order valence-electron chi connectivity index (χ0n) is 18.3. The third kappa shape index (κ3) is 6.27. The number of benzene rings is 2. The molecular formula is C23H31FN4O2S. The Labute approximate surface area is 184 Å². The van der Waals surface area contributed by atoms with Crippen LogP contribution in [0, 0.1) is 5.82 Å². The van der Waals surface area contributed by atoms with Crippen molar-refractivity contribution in [2.24, 2.45) is 4.99 Å². The molecule has 31 heavy (non-hydrogen) atoms. The number of guanidine groups is 1. The van der Waals surface area contributed by atoms with Gasteiger partial charge in [0.1, 0.15) is 5.82 Å². The Balaban J connectivity index is 1.61. The Morgan fingerprint density at radius 1 is 1.06 bits per heavy atom. The topological polar surface area (TPSA) is 82.6 Å². The first-order valence-corrected chi connectivity index (χ1v) is 12.2. The van der Waals surface area contributed by atoms with Crippen molar-refractivity contribution in [3.63, 3.8) is 0 Å². The average molecular weight is 447 g/mol. The largest absolute Gasteiger partial charge is 0.356 e. The van der Waals surface area contributed by atoms with Gasteiger partial charge >= 0.3 is 0 Å². The van der Waals surface area contributed by atoms with Crippen molar-refractivity contribution in [2.45, 2.75) is 50.4 Å². The molecule has 1 aliphatic carbocycles. The summed E-state index contributed by atoms with van der Waals surface area (Å²) in [5.41, 5.74) is 2.17. The summed E-state index contributed by atoms with van der Waals surface area (Å²) >= 11 is 0. The van der Waals surface area contributed by atoms with Crippen molar-refractivity contribution < 1.29 is 12.8 Å². The number of hydrogen-bond acceptors (Lipinski definition) is 3. The van der Waals surface area contributed by atoms with E-state index in [2.05, 4.69) is 20.3 Å². The fraction of sp³-hybridized carbons (Fsp3) is 0.435. The second kappa shape index (κ2) is 9.78. The minimum absolute atomic E-state index is 0.0779. The number of nitrogens with zero attached hydrogens (tertiary/aromatic N) is 1. The van der Waals surface area contributed by atoms with Gasteiger partial charge in [0.15, 0.2) is 5.96 Å². The summed E-state index contributed by atoms with van der Waals surface area (Å²) in [6.07, 6.45) is 1.86. The summed E-state index contributed by atoms with van der Waals surface area (Å²) in [5, 5.41) is 6.55. The highest BCUT2D eigenvalue weighted by Gasteiger charge is 2.45. The van der Waals surface area contributed by atoms with Crippen LogP contribution in [0.4, 0.5) is 4.39 Å². The van der Waals surface area contributed by atoms with Crippen LogP contribution < -0.4 is 15.4 Å². The van der Waals surface area contributed by atoms with E-state index in [4.69, 9.17) is 0 Å². The van der Waals surface area contributed by atoms with Gasteiger partial charge in [-0.2, -0.15) is 0 Å². The van der Waals surface area contributed by atoms with Crippen LogP contribution in [0.25, 0.3) is 0 Å².